The second-order valence-corrected chi connectivity index (χ2v) is 7.34. The second-order valence-electron chi connectivity index (χ2n) is 6.45. The first-order valence-electron chi connectivity index (χ1n) is 8.21. The molecule has 2 rings (SSSR count). The number of carbonyl (C=O) groups is 2. The van der Waals surface area contributed by atoms with Gasteiger partial charge in [-0.2, -0.15) is 13.2 Å². The first kappa shape index (κ1) is 21.8. The molecule has 28 heavy (non-hydrogen) atoms. The van der Waals surface area contributed by atoms with Gasteiger partial charge in [0.05, 0.1) is 12.6 Å². The van der Waals surface area contributed by atoms with Crippen molar-refractivity contribution in [1.29, 1.82) is 0 Å². The van der Waals surface area contributed by atoms with E-state index in [0.29, 0.717) is 5.13 Å². The van der Waals surface area contributed by atoms with Gasteiger partial charge in [-0.25, -0.2) is 9.97 Å². The number of thiazole rings is 1. The molecule has 0 radical (unpaired) electrons. The van der Waals surface area contributed by atoms with Crippen LogP contribution in [0.3, 0.4) is 0 Å². The van der Waals surface area contributed by atoms with Crippen molar-refractivity contribution < 1.29 is 32.3 Å². The smallest absolute Gasteiger partial charge is 0.426 e. The summed E-state index contributed by atoms with van der Waals surface area (Å²) in [6, 6.07) is -1.11. The minimum atomic E-state index is -5.22. The molecule has 0 aromatic carbocycles. The fourth-order valence-corrected chi connectivity index (χ4v) is 2.91. The summed E-state index contributed by atoms with van der Waals surface area (Å²) in [4.78, 5) is 31.9. The summed E-state index contributed by atoms with van der Waals surface area (Å²) in [6.45, 7) is 3.57. The van der Waals surface area contributed by atoms with Gasteiger partial charge < -0.3 is 20.2 Å². The number of rotatable bonds is 8. The van der Waals surface area contributed by atoms with Crippen LogP contribution >= 0.6 is 11.3 Å². The Bertz CT molecular complexity index is 780. The number of nitrogens with one attached hydrogen (secondary N) is 2. The Kier molecular flexibility index (Phi) is 6.77. The van der Waals surface area contributed by atoms with Gasteiger partial charge in [-0.15, -0.1) is 11.3 Å². The molecule has 0 aliphatic heterocycles. The average Bonchev–Trinajstić information content (AvgIpc) is 3.26. The molecular formula is C16H19F3N4O4S. The van der Waals surface area contributed by atoms with Gasteiger partial charge in [-0.1, -0.05) is 13.8 Å². The monoisotopic (exact) mass is 420 g/mol. The molecule has 2 heterocycles. The molecule has 0 aliphatic rings. The van der Waals surface area contributed by atoms with E-state index in [0.717, 1.165) is 23.8 Å². The van der Waals surface area contributed by atoms with Gasteiger partial charge in [0.2, 0.25) is 23.3 Å². The molecule has 2 aromatic heterocycles. The SMILES string of the molecule is CC(C)CC(NC(=O)CC(O)(c1ncco1)C(F)(F)F)C(=O)Nc1nccs1. The molecule has 0 saturated heterocycles. The van der Waals surface area contributed by atoms with Crippen molar-refractivity contribution in [1.82, 2.24) is 15.3 Å². The van der Waals surface area contributed by atoms with Crippen LogP contribution in [-0.2, 0) is 15.2 Å². The van der Waals surface area contributed by atoms with Gasteiger partial charge >= 0.3 is 6.18 Å². The van der Waals surface area contributed by atoms with Crippen molar-refractivity contribution in [2.45, 2.75) is 44.5 Å². The average molecular weight is 420 g/mol. The highest BCUT2D eigenvalue weighted by atomic mass is 32.1. The topological polar surface area (TPSA) is 117 Å². The molecule has 2 amide bonds. The van der Waals surface area contributed by atoms with Gasteiger partial charge in [0.1, 0.15) is 12.3 Å². The molecule has 0 aliphatic carbocycles. The molecule has 0 fully saturated rings. The number of anilines is 1. The fraction of sp³-hybridized carbons (Fsp3) is 0.500. The predicted octanol–water partition coefficient (Wildman–Crippen LogP) is 2.44. The number of alkyl halides is 3. The minimum Gasteiger partial charge on any atom is -0.446 e. The molecule has 2 aromatic rings. The molecule has 154 valence electrons. The van der Waals surface area contributed by atoms with Crippen LogP contribution in [0.2, 0.25) is 0 Å². The summed E-state index contributed by atoms with van der Waals surface area (Å²) in [6.07, 6.45) is -3.20. The van der Waals surface area contributed by atoms with E-state index in [1.54, 1.807) is 19.2 Å². The Morgan fingerprint density at radius 1 is 1.29 bits per heavy atom. The number of carbonyl (C=O) groups excluding carboxylic acids is 2. The number of halogens is 3. The van der Waals surface area contributed by atoms with E-state index < -0.39 is 41.9 Å². The summed E-state index contributed by atoms with van der Waals surface area (Å²) in [5.41, 5.74) is -3.62. The maximum atomic E-state index is 13.4. The maximum absolute atomic E-state index is 13.4. The largest absolute Gasteiger partial charge is 0.446 e. The van der Waals surface area contributed by atoms with Crippen molar-refractivity contribution >= 4 is 28.3 Å². The van der Waals surface area contributed by atoms with Crippen molar-refractivity contribution in [3.8, 4) is 0 Å². The van der Waals surface area contributed by atoms with Gasteiger partial charge in [0.15, 0.2) is 5.13 Å². The molecule has 0 spiro atoms. The lowest BCUT2D eigenvalue weighted by molar-refractivity contribution is -0.275. The Hall–Kier alpha value is -2.47. The quantitative estimate of drug-likeness (QED) is 0.604. The highest BCUT2D eigenvalue weighted by molar-refractivity contribution is 7.13. The first-order chi connectivity index (χ1) is 13.0. The molecule has 2 atom stereocenters. The number of amides is 2. The van der Waals surface area contributed by atoms with Crippen molar-refractivity contribution in [3.05, 3.63) is 29.9 Å². The van der Waals surface area contributed by atoms with Crippen LogP contribution in [0.25, 0.3) is 0 Å². The van der Waals surface area contributed by atoms with Crippen LogP contribution in [0.4, 0.5) is 18.3 Å². The zero-order chi connectivity index (χ0) is 20.9. The van der Waals surface area contributed by atoms with Crippen LogP contribution in [0, 0.1) is 5.92 Å². The maximum Gasteiger partial charge on any atom is 0.426 e. The van der Waals surface area contributed by atoms with E-state index in [4.69, 9.17) is 0 Å². The van der Waals surface area contributed by atoms with E-state index >= 15 is 0 Å². The molecule has 2 unspecified atom stereocenters. The molecule has 0 bridgehead atoms. The lowest BCUT2D eigenvalue weighted by Crippen LogP contribution is -2.50. The Morgan fingerprint density at radius 2 is 2.00 bits per heavy atom. The first-order valence-corrected chi connectivity index (χ1v) is 9.09. The number of aliphatic hydroxyl groups is 1. The predicted molar refractivity (Wildman–Crippen MR) is 93.2 cm³/mol. The standard InChI is InChI=1S/C16H19F3N4O4S/c1-9(2)7-10(12(25)23-14-21-4-6-28-14)22-11(24)8-15(26,16(17,18)19)13-20-3-5-27-13/h3-6,9-10,26H,7-8H2,1-2H3,(H,22,24)(H,21,23,25). The summed E-state index contributed by atoms with van der Waals surface area (Å²) in [5, 5.41) is 16.7. The number of hydrogen-bond donors (Lipinski definition) is 3. The van der Waals surface area contributed by atoms with Gasteiger partial charge in [-0.05, 0) is 12.3 Å². The lowest BCUT2D eigenvalue weighted by Gasteiger charge is -2.28. The third-order valence-corrected chi connectivity index (χ3v) is 4.38. The molecule has 8 nitrogen and oxygen atoms in total. The van der Waals surface area contributed by atoms with E-state index in [9.17, 15) is 27.9 Å². The highest BCUT2D eigenvalue weighted by Gasteiger charge is 2.59. The summed E-state index contributed by atoms with van der Waals surface area (Å²) in [5.74, 6) is -2.90. The molecule has 12 heteroatoms. The molecule has 3 N–H and O–H groups in total. The second kappa shape index (κ2) is 8.69. The van der Waals surface area contributed by atoms with Crippen molar-refractivity contribution in [2.75, 3.05) is 5.32 Å². The van der Waals surface area contributed by atoms with Gasteiger partial charge in [0, 0.05) is 11.6 Å². The lowest BCUT2D eigenvalue weighted by atomic mass is 9.97. The van der Waals surface area contributed by atoms with Crippen LogP contribution in [0.15, 0.2) is 28.5 Å². The normalized spacial score (nSPS) is 15.1. The Morgan fingerprint density at radius 3 is 2.50 bits per heavy atom. The number of aromatic nitrogens is 2. The third-order valence-electron chi connectivity index (χ3n) is 3.69. The van der Waals surface area contributed by atoms with E-state index in [1.807, 2.05) is 0 Å². The zero-order valence-electron chi connectivity index (χ0n) is 15.0. The summed E-state index contributed by atoms with van der Waals surface area (Å²) >= 11 is 1.15. The zero-order valence-corrected chi connectivity index (χ0v) is 15.8. The van der Waals surface area contributed by atoms with Gasteiger partial charge in [-0.3, -0.25) is 9.59 Å². The summed E-state index contributed by atoms with van der Waals surface area (Å²) < 4.78 is 44.7. The molecular weight excluding hydrogens is 401 g/mol. The summed E-state index contributed by atoms with van der Waals surface area (Å²) in [7, 11) is 0. The number of nitrogens with zero attached hydrogens (tertiary/aromatic N) is 2. The van der Waals surface area contributed by atoms with Crippen molar-refractivity contribution in [2.24, 2.45) is 5.92 Å². The molecule has 0 saturated carbocycles. The van der Waals surface area contributed by atoms with E-state index in [-0.39, 0.29) is 12.3 Å². The Balaban J connectivity index is 2.14. The Labute approximate surface area is 162 Å². The van der Waals surface area contributed by atoms with E-state index in [1.165, 1.54) is 6.20 Å². The third kappa shape index (κ3) is 5.29. The van der Waals surface area contributed by atoms with E-state index in [2.05, 4.69) is 25.0 Å². The van der Waals surface area contributed by atoms with Crippen molar-refractivity contribution in [3.63, 3.8) is 0 Å². The van der Waals surface area contributed by atoms with Crippen LogP contribution < -0.4 is 10.6 Å². The highest BCUT2D eigenvalue weighted by Crippen LogP contribution is 2.40. The fourth-order valence-electron chi connectivity index (χ4n) is 2.38. The number of hydrogen-bond acceptors (Lipinski definition) is 7. The van der Waals surface area contributed by atoms with Crippen LogP contribution in [-0.4, -0.2) is 39.1 Å². The van der Waals surface area contributed by atoms with Crippen LogP contribution in [0.1, 0.15) is 32.6 Å². The van der Waals surface area contributed by atoms with Crippen LogP contribution in [0.5, 0.6) is 0 Å². The number of oxazole rings is 1. The van der Waals surface area contributed by atoms with Gasteiger partial charge in [0.25, 0.3) is 0 Å². The minimum absolute atomic E-state index is 0.0411.